The van der Waals surface area contributed by atoms with E-state index in [2.05, 4.69) is 25.9 Å². The van der Waals surface area contributed by atoms with Gasteiger partial charge >= 0.3 is 0 Å². The number of halogens is 1. The van der Waals surface area contributed by atoms with Gasteiger partial charge in [-0.15, -0.1) is 0 Å². The van der Waals surface area contributed by atoms with Crippen LogP contribution in [0, 0.1) is 0 Å². The topological polar surface area (TPSA) is 61.0 Å². The van der Waals surface area contributed by atoms with Crippen molar-refractivity contribution in [3.8, 4) is 11.6 Å². The second-order valence-corrected chi connectivity index (χ2v) is 5.04. The molecule has 2 heterocycles. The van der Waals surface area contributed by atoms with Crippen molar-refractivity contribution in [2.45, 2.75) is 19.4 Å². The van der Waals surface area contributed by atoms with Crippen LogP contribution in [0.5, 0.6) is 11.6 Å². The summed E-state index contributed by atoms with van der Waals surface area (Å²) in [6.45, 7) is 1.97. The lowest BCUT2D eigenvalue weighted by molar-refractivity contribution is 0.460. The number of pyridine rings is 2. The van der Waals surface area contributed by atoms with Crippen molar-refractivity contribution in [2.24, 2.45) is 5.73 Å². The minimum absolute atomic E-state index is 0.132. The van der Waals surface area contributed by atoms with E-state index in [0.29, 0.717) is 11.6 Å². The van der Waals surface area contributed by atoms with E-state index < -0.39 is 0 Å². The van der Waals surface area contributed by atoms with E-state index in [1.807, 2.05) is 25.1 Å². The maximum atomic E-state index is 5.73. The first-order chi connectivity index (χ1) is 8.63. The van der Waals surface area contributed by atoms with Gasteiger partial charge in [0.05, 0.1) is 6.20 Å². The lowest BCUT2D eigenvalue weighted by Gasteiger charge is -2.07. The molecule has 0 aliphatic carbocycles. The van der Waals surface area contributed by atoms with Crippen LogP contribution in [0.25, 0.3) is 0 Å². The summed E-state index contributed by atoms with van der Waals surface area (Å²) in [5, 5.41) is 0. The Bertz CT molecular complexity index is 514. The van der Waals surface area contributed by atoms with Crippen molar-refractivity contribution in [1.82, 2.24) is 9.97 Å². The second-order valence-electron chi connectivity index (χ2n) is 4.13. The molecule has 0 fully saturated rings. The van der Waals surface area contributed by atoms with Gasteiger partial charge in [0.2, 0.25) is 5.88 Å². The zero-order valence-corrected chi connectivity index (χ0v) is 11.6. The first-order valence-corrected chi connectivity index (χ1v) is 6.41. The molecule has 0 amide bonds. The van der Waals surface area contributed by atoms with Crippen LogP contribution >= 0.6 is 15.9 Å². The first kappa shape index (κ1) is 13.0. The minimum Gasteiger partial charge on any atom is -0.437 e. The molecule has 4 nitrogen and oxygen atoms in total. The molecule has 0 bridgehead atoms. The zero-order valence-electron chi connectivity index (χ0n) is 10.0. The predicted molar refractivity (Wildman–Crippen MR) is 73.6 cm³/mol. The van der Waals surface area contributed by atoms with Crippen LogP contribution in [0.4, 0.5) is 0 Å². The lowest BCUT2D eigenvalue weighted by Crippen LogP contribution is -2.17. The summed E-state index contributed by atoms with van der Waals surface area (Å²) in [5.41, 5.74) is 6.83. The van der Waals surface area contributed by atoms with E-state index in [1.54, 1.807) is 18.6 Å². The quantitative estimate of drug-likeness (QED) is 0.943. The summed E-state index contributed by atoms with van der Waals surface area (Å²) in [4.78, 5) is 8.26. The summed E-state index contributed by atoms with van der Waals surface area (Å²) < 4.78 is 6.45. The van der Waals surface area contributed by atoms with E-state index in [-0.39, 0.29) is 6.04 Å². The molecule has 18 heavy (non-hydrogen) atoms. The molecule has 0 aliphatic heterocycles. The van der Waals surface area contributed by atoms with Gasteiger partial charge in [-0.2, -0.15) is 0 Å². The van der Waals surface area contributed by atoms with Crippen molar-refractivity contribution < 1.29 is 4.74 Å². The lowest BCUT2D eigenvalue weighted by atomic mass is 10.1. The SMILES string of the molecule is CC(N)Cc1ccc(Oc2cncc(Br)c2)nc1. The van der Waals surface area contributed by atoms with E-state index in [4.69, 9.17) is 10.5 Å². The van der Waals surface area contributed by atoms with Gasteiger partial charge in [-0.1, -0.05) is 6.07 Å². The first-order valence-electron chi connectivity index (χ1n) is 5.62. The number of rotatable bonds is 4. The van der Waals surface area contributed by atoms with Crippen LogP contribution in [-0.4, -0.2) is 16.0 Å². The van der Waals surface area contributed by atoms with Gasteiger partial charge in [0.25, 0.3) is 0 Å². The average Bonchev–Trinajstić information content (AvgIpc) is 2.31. The summed E-state index contributed by atoms with van der Waals surface area (Å²) in [7, 11) is 0. The van der Waals surface area contributed by atoms with Gasteiger partial charge < -0.3 is 10.5 Å². The molecule has 2 aromatic rings. The van der Waals surface area contributed by atoms with Gasteiger partial charge in [-0.05, 0) is 40.9 Å². The largest absolute Gasteiger partial charge is 0.437 e. The fourth-order valence-electron chi connectivity index (χ4n) is 1.53. The van der Waals surface area contributed by atoms with Gasteiger partial charge in [0, 0.05) is 29.0 Å². The van der Waals surface area contributed by atoms with Gasteiger partial charge in [-0.3, -0.25) is 4.98 Å². The number of nitrogens with zero attached hydrogens (tertiary/aromatic N) is 2. The fraction of sp³-hybridized carbons (Fsp3) is 0.231. The molecule has 0 saturated heterocycles. The van der Waals surface area contributed by atoms with Crippen molar-refractivity contribution in [3.63, 3.8) is 0 Å². The molecule has 0 aliphatic rings. The third-order valence-corrected chi connectivity index (χ3v) is 2.69. The van der Waals surface area contributed by atoms with Crippen molar-refractivity contribution in [3.05, 3.63) is 46.8 Å². The maximum Gasteiger partial charge on any atom is 0.219 e. The molecule has 0 saturated carbocycles. The Kier molecular flexibility index (Phi) is 4.28. The molecule has 5 heteroatoms. The molecule has 0 spiro atoms. The number of nitrogens with two attached hydrogens (primary N) is 1. The summed E-state index contributed by atoms with van der Waals surface area (Å²) in [5.74, 6) is 1.19. The van der Waals surface area contributed by atoms with Crippen molar-refractivity contribution in [1.29, 1.82) is 0 Å². The average molecular weight is 308 g/mol. The molecular weight excluding hydrogens is 294 g/mol. The third kappa shape index (κ3) is 3.78. The second kappa shape index (κ2) is 5.93. The van der Waals surface area contributed by atoms with E-state index >= 15 is 0 Å². The summed E-state index contributed by atoms with van der Waals surface area (Å²) in [6.07, 6.45) is 5.93. The van der Waals surface area contributed by atoms with Crippen LogP contribution in [0.3, 0.4) is 0 Å². The van der Waals surface area contributed by atoms with Crippen LogP contribution in [0.1, 0.15) is 12.5 Å². The molecule has 0 radical (unpaired) electrons. The van der Waals surface area contributed by atoms with Crippen LogP contribution < -0.4 is 10.5 Å². The molecule has 94 valence electrons. The summed E-state index contributed by atoms with van der Waals surface area (Å²) >= 11 is 3.34. The number of ether oxygens (including phenoxy) is 1. The minimum atomic E-state index is 0.132. The Hall–Kier alpha value is -1.46. The molecular formula is C13H14BrN3O. The predicted octanol–water partition coefficient (Wildman–Crippen LogP) is 2.92. The molecule has 2 N–H and O–H groups in total. The Morgan fingerprint density at radius 2 is 2.17 bits per heavy atom. The third-order valence-electron chi connectivity index (χ3n) is 2.26. The highest BCUT2D eigenvalue weighted by molar-refractivity contribution is 9.10. The highest BCUT2D eigenvalue weighted by Gasteiger charge is 2.02. The zero-order chi connectivity index (χ0) is 13.0. The van der Waals surface area contributed by atoms with E-state index in [9.17, 15) is 0 Å². The Morgan fingerprint density at radius 3 is 2.78 bits per heavy atom. The van der Waals surface area contributed by atoms with Crippen molar-refractivity contribution >= 4 is 15.9 Å². The van der Waals surface area contributed by atoms with Gasteiger partial charge in [0.15, 0.2) is 0 Å². The van der Waals surface area contributed by atoms with E-state index in [0.717, 1.165) is 16.5 Å². The normalized spacial score (nSPS) is 12.2. The van der Waals surface area contributed by atoms with Crippen molar-refractivity contribution in [2.75, 3.05) is 0 Å². The van der Waals surface area contributed by atoms with Crippen LogP contribution in [0.2, 0.25) is 0 Å². The molecule has 2 rings (SSSR count). The molecule has 2 aromatic heterocycles. The Labute approximate surface area is 114 Å². The van der Waals surface area contributed by atoms with Crippen LogP contribution in [-0.2, 0) is 6.42 Å². The highest BCUT2D eigenvalue weighted by Crippen LogP contribution is 2.21. The number of hydrogen-bond donors (Lipinski definition) is 1. The monoisotopic (exact) mass is 307 g/mol. The van der Waals surface area contributed by atoms with E-state index in [1.165, 1.54) is 0 Å². The standard InChI is InChI=1S/C13H14BrN3O/c1-9(15)4-10-2-3-13(17-6-10)18-12-5-11(14)7-16-8-12/h2-3,5-9H,4,15H2,1H3. The molecule has 0 aromatic carbocycles. The molecule has 1 unspecified atom stereocenters. The van der Waals surface area contributed by atoms with Gasteiger partial charge in [0.1, 0.15) is 5.75 Å². The number of aromatic nitrogens is 2. The van der Waals surface area contributed by atoms with Crippen LogP contribution in [0.15, 0.2) is 41.3 Å². The smallest absolute Gasteiger partial charge is 0.219 e. The fourth-order valence-corrected chi connectivity index (χ4v) is 1.88. The molecule has 1 atom stereocenters. The Balaban J connectivity index is 2.06. The summed E-state index contributed by atoms with van der Waals surface area (Å²) in [6, 6.07) is 5.77. The number of hydrogen-bond acceptors (Lipinski definition) is 4. The highest BCUT2D eigenvalue weighted by atomic mass is 79.9. The van der Waals surface area contributed by atoms with Gasteiger partial charge in [-0.25, -0.2) is 4.98 Å². The Morgan fingerprint density at radius 1 is 1.33 bits per heavy atom. The maximum absolute atomic E-state index is 5.73.